The van der Waals surface area contributed by atoms with Gasteiger partial charge in [-0.15, -0.1) is 0 Å². The normalized spacial score (nSPS) is 20.8. The lowest BCUT2D eigenvalue weighted by Crippen LogP contribution is -2.28. The molecule has 0 spiro atoms. The van der Waals surface area contributed by atoms with E-state index in [9.17, 15) is 0 Å². The van der Waals surface area contributed by atoms with Gasteiger partial charge in [-0.1, -0.05) is 20.8 Å². The molecule has 0 aromatic carbocycles. The molecule has 1 aliphatic heterocycles. The summed E-state index contributed by atoms with van der Waals surface area (Å²) in [6, 6.07) is 0.501. The lowest BCUT2D eigenvalue weighted by atomic mass is 9.97. The summed E-state index contributed by atoms with van der Waals surface area (Å²) in [7, 11) is 0. The maximum atomic E-state index is 5.80. The molecule has 1 saturated heterocycles. The molecule has 0 radical (unpaired) electrons. The smallest absolute Gasteiger partial charge is 0.158 e. The molecule has 2 heterocycles. The Morgan fingerprint density at radius 3 is 2.43 bits per heavy atom. The highest BCUT2D eigenvalue weighted by molar-refractivity contribution is 7.99. The number of aryl methyl sites for hydroxylation is 2. The molecule has 1 aromatic rings. The number of hydrogen-bond donors (Lipinski definition) is 1. The van der Waals surface area contributed by atoms with Crippen molar-refractivity contribution in [1.82, 2.24) is 15.3 Å². The first-order valence-corrected chi connectivity index (χ1v) is 8.92. The van der Waals surface area contributed by atoms with Gasteiger partial charge in [0.25, 0.3) is 0 Å². The molecule has 0 bridgehead atoms. The number of hydrogen-bond acceptors (Lipinski definition) is 5. The first-order chi connectivity index (χ1) is 9.99. The van der Waals surface area contributed by atoms with Crippen molar-refractivity contribution < 1.29 is 4.74 Å². The SMILES string of the molecule is Cc1nc(C2CSCCO2)nc(C)c1C(C)CNC(C)C. The highest BCUT2D eigenvalue weighted by Gasteiger charge is 2.22. The van der Waals surface area contributed by atoms with Crippen molar-refractivity contribution in [2.45, 2.75) is 52.7 Å². The number of ether oxygens (including phenoxy) is 1. The largest absolute Gasteiger partial charge is 0.368 e. The molecule has 2 atom stereocenters. The van der Waals surface area contributed by atoms with E-state index >= 15 is 0 Å². The van der Waals surface area contributed by atoms with Crippen LogP contribution in [0.5, 0.6) is 0 Å². The van der Waals surface area contributed by atoms with Crippen LogP contribution >= 0.6 is 11.8 Å². The van der Waals surface area contributed by atoms with Gasteiger partial charge < -0.3 is 10.1 Å². The van der Waals surface area contributed by atoms with Crippen LogP contribution in [0.1, 0.15) is 55.6 Å². The van der Waals surface area contributed by atoms with Gasteiger partial charge >= 0.3 is 0 Å². The second-order valence-corrected chi connectivity index (χ2v) is 7.21. The maximum absolute atomic E-state index is 5.80. The number of thioether (sulfide) groups is 1. The number of nitrogens with zero attached hydrogens (tertiary/aromatic N) is 2. The van der Waals surface area contributed by atoms with E-state index in [0.717, 1.165) is 41.9 Å². The number of rotatable bonds is 5. The Morgan fingerprint density at radius 1 is 1.24 bits per heavy atom. The van der Waals surface area contributed by atoms with Crippen molar-refractivity contribution in [2.75, 3.05) is 24.7 Å². The van der Waals surface area contributed by atoms with Crippen LogP contribution in [0.3, 0.4) is 0 Å². The summed E-state index contributed by atoms with van der Waals surface area (Å²) < 4.78 is 5.80. The van der Waals surface area contributed by atoms with E-state index in [0.29, 0.717) is 12.0 Å². The van der Waals surface area contributed by atoms with Gasteiger partial charge in [0.1, 0.15) is 6.10 Å². The average Bonchev–Trinajstić information content (AvgIpc) is 2.45. The van der Waals surface area contributed by atoms with Gasteiger partial charge in [-0.05, 0) is 25.3 Å². The van der Waals surface area contributed by atoms with Crippen molar-refractivity contribution in [3.63, 3.8) is 0 Å². The summed E-state index contributed by atoms with van der Waals surface area (Å²) in [5.74, 6) is 3.31. The third-order valence-electron chi connectivity index (χ3n) is 3.77. The van der Waals surface area contributed by atoms with E-state index < -0.39 is 0 Å². The molecular formula is C16H27N3OS. The van der Waals surface area contributed by atoms with E-state index in [1.807, 2.05) is 11.8 Å². The van der Waals surface area contributed by atoms with Gasteiger partial charge in [0, 0.05) is 35.5 Å². The summed E-state index contributed by atoms with van der Waals surface area (Å²) in [4.78, 5) is 9.46. The molecule has 2 unspecified atom stereocenters. The Balaban J connectivity index is 2.16. The van der Waals surface area contributed by atoms with Gasteiger partial charge in [-0.2, -0.15) is 11.8 Å². The topological polar surface area (TPSA) is 47.0 Å². The number of nitrogens with one attached hydrogen (secondary N) is 1. The van der Waals surface area contributed by atoms with Crippen LogP contribution < -0.4 is 5.32 Å². The third-order valence-corrected chi connectivity index (χ3v) is 4.77. The molecule has 0 amide bonds. The van der Waals surface area contributed by atoms with Gasteiger partial charge in [0.2, 0.25) is 0 Å². The lowest BCUT2D eigenvalue weighted by Gasteiger charge is -2.24. The zero-order valence-electron chi connectivity index (χ0n) is 13.8. The molecule has 5 heteroatoms. The maximum Gasteiger partial charge on any atom is 0.158 e. The van der Waals surface area contributed by atoms with E-state index in [4.69, 9.17) is 14.7 Å². The fourth-order valence-electron chi connectivity index (χ4n) is 2.76. The predicted octanol–water partition coefficient (Wildman–Crippen LogP) is 3.00. The molecule has 4 nitrogen and oxygen atoms in total. The average molecular weight is 309 g/mol. The summed E-state index contributed by atoms with van der Waals surface area (Å²) in [6.45, 7) is 12.5. The van der Waals surface area contributed by atoms with Crippen LogP contribution in [0.15, 0.2) is 0 Å². The molecule has 0 saturated carbocycles. The quantitative estimate of drug-likeness (QED) is 0.906. The highest BCUT2D eigenvalue weighted by atomic mass is 32.2. The molecule has 2 rings (SSSR count). The molecule has 21 heavy (non-hydrogen) atoms. The zero-order valence-corrected chi connectivity index (χ0v) is 14.6. The van der Waals surface area contributed by atoms with Crippen molar-refractivity contribution in [3.8, 4) is 0 Å². The van der Waals surface area contributed by atoms with Crippen LogP contribution in [0.4, 0.5) is 0 Å². The van der Waals surface area contributed by atoms with Crippen LogP contribution in [0.2, 0.25) is 0 Å². The van der Waals surface area contributed by atoms with E-state index in [-0.39, 0.29) is 6.10 Å². The first-order valence-electron chi connectivity index (χ1n) is 7.76. The Labute approximate surface area is 132 Å². The van der Waals surface area contributed by atoms with Gasteiger partial charge in [-0.3, -0.25) is 0 Å². The fourth-order valence-corrected chi connectivity index (χ4v) is 3.60. The Bertz CT molecular complexity index is 450. The van der Waals surface area contributed by atoms with Gasteiger partial charge in [0.15, 0.2) is 5.82 Å². The second kappa shape index (κ2) is 7.56. The standard InChI is InChI=1S/C16H27N3OS/c1-10(2)17-8-11(3)15-12(4)18-16(19-13(15)5)14-9-21-7-6-20-14/h10-11,14,17H,6-9H2,1-5H3. The Hall–Kier alpha value is -0.650. The number of aromatic nitrogens is 2. The third kappa shape index (κ3) is 4.41. The van der Waals surface area contributed by atoms with Crippen molar-refractivity contribution in [2.24, 2.45) is 0 Å². The molecular weight excluding hydrogens is 282 g/mol. The lowest BCUT2D eigenvalue weighted by molar-refractivity contribution is 0.0691. The summed E-state index contributed by atoms with van der Waals surface area (Å²) in [6.07, 6.45) is 0.0549. The minimum Gasteiger partial charge on any atom is -0.368 e. The minimum atomic E-state index is 0.0549. The summed E-state index contributed by atoms with van der Waals surface area (Å²) >= 11 is 1.92. The van der Waals surface area contributed by atoms with Gasteiger partial charge in [-0.25, -0.2) is 9.97 Å². The predicted molar refractivity (Wildman–Crippen MR) is 89.1 cm³/mol. The summed E-state index contributed by atoms with van der Waals surface area (Å²) in [5.41, 5.74) is 3.46. The first kappa shape index (κ1) is 16.7. The van der Waals surface area contributed by atoms with E-state index in [2.05, 4.69) is 39.9 Å². The molecule has 1 aromatic heterocycles. The monoisotopic (exact) mass is 309 g/mol. The van der Waals surface area contributed by atoms with E-state index in [1.165, 1.54) is 5.56 Å². The Kier molecular flexibility index (Phi) is 6.02. The van der Waals surface area contributed by atoms with Crippen molar-refractivity contribution in [3.05, 3.63) is 22.8 Å². The zero-order chi connectivity index (χ0) is 15.4. The molecule has 1 aliphatic rings. The van der Waals surface area contributed by atoms with Gasteiger partial charge in [0.05, 0.1) is 6.61 Å². The Morgan fingerprint density at radius 2 is 1.90 bits per heavy atom. The van der Waals surface area contributed by atoms with Crippen LogP contribution in [-0.4, -0.2) is 40.7 Å². The van der Waals surface area contributed by atoms with Crippen molar-refractivity contribution in [1.29, 1.82) is 0 Å². The minimum absolute atomic E-state index is 0.0549. The molecule has 0 aliphatic carbocycles. The van der Waals surface area contributed by atoms with Crippen LogP contribution in [0.25, 0.3) is 0 Å². The highest BCUT2D eigenvalue weighted by Crippen LogP contribution is 2.27. The second-order valence-electron chi connectivity index (χ2n) is 6.06. The molecule has 118 valence electrons. The van der Waals surface area contributed by atoms with Crippen LogP contribution in [0, 0.1) is 13.8 Å². The van der Waals surface area contributed by atoms with Crippen LogP contribution in [-0.2, 0) is 4.74 Å². The fraction of sp³-hybridized carbons (Fsp3) is 0.750. The molecule has 1 fully saturated rings. The van der Waals surface area contributed by atoms with Crippen molar-refractivity contribution >= 4 is 11.8 Å². The summed E-state index contributed by atoms with van der Waals surface area (Å²) in [5, 5.41) is 3.49. The van der Waals surface area contributed by atoms with E-state index in [1.54, 1.807) is 0 Å². The molecule has 1 N–H and O–H groups in total.